The summed E-state index contributed by atoms with van der Waals surface area (Å²) in [6, 6.07) is -0.174. The molecule has 0 aliphatic carbocycles. The van der Waals surface area contributed by atoms with Crippen molar-refractivity contribution in [3.63, 3.8) is 0 Å². The van der Waals surface area contributed by atoms with Crippen LogP contribution in [0.4, 0.5) is 0 Å². The van der Waals surface area contributed by atoms with Gasteiger partial charge in [0.25, 0.3) is 0 Å². The van der Waals surface area contributed by atoms with Gasteiger partial charge >= 0.3 is 11.6 Å². The first kappa shape index (κ1) is 9.57. The fourth-order valence-corrected chi connectivity index (χ4v) is 1.08. The Hall–Kier alpha value is -1.52. The maximum atomic E-state index is 11.0. The fraction of sp³-hybridized carbons (Fsp3) is 0.500. The second-order valence-electron chi connectivity index (χ2n) is 3.08. The average Bonchev–Trinajstić information content (AvgIpc) is 2.28. The lowest BCUT2D eigenvalue weighted by molar-refractivity contribution is 0.0661. The van der Waals surface area contributed by atoms with Crippen LogP contribution in [0.25, 0.3) is 0 Å². The van der Waals surface area contributed by atoms with Gasteiger partial charge in [0.05, 0.1) is 11.6 Å². The molecule has 5 heteroatoms. The molecule has 72 valence electrons. The van der Waals surface area contributed by atoms with Gasteiger partial charge in [-0.15, -0.1) is 0 Å². The SMILES string of the molecule is Cc1c(C(=O)O)n(C(C)C)oc1=O. The van der Waals surface area contributed by atoms with E-state index in [2.05, 4.69) is 0 Å². The van der Waals surface area contributed by atoms with Crippen molar-refractivity contribution in [1.82, 2.24) is 4.74 Å². The van der Waals surface area contributed by atoms with Crippen molar-refractivity contribution in [2.24, 2.45) is 0 Å². The van der Waals surface area contributed by atoms with E-state index in [-0.39, 0.29) is 17.3 Å². The summed E-state index contributed by atoms with van der Waals surface area (Å²) >= 11 is 0. The Bertz CT molecular complexity index is 385. The van der Waals surface area contributed by atoms with Gasteiger partial charge in [0.2, 0.25) is 0 Å². The third-order valence-electron chi connectivity index (χ3n) is 1.73. The average molecular weight is 185 g/mol. The highest BCUT2D eigenvalue weighted by Crippen LogP contribution is 2.11. The first-order valence-electron chi connectivity index (χ1n) is 3.91. The highest BCUT2D eigenvalue weighted by molar-refractivity contribution is 5.87. The molecule has 0 spiro atoms. The van der Waals surface area contributed by atoms with Crippen molar-refractivity contribution in [3.05, 3.63) is 21.7 Å². The van der Waals surface area contributed by atoms with Crippen molar-refractivity contribution in [1.29, 1.82) is 0 Å². The Morgan fingerprint density at radius 2 is 2.08 bits per heavy atom. The van der Waals surface area contributed by atoms with E-state index in [9.17, 15) is 9.59 Å². The molecule has 13 heavy (non-hydrogen) atoms. The molecule has 1 aromatic heterocycles. The van der Waals surface area contributed by atoms with Gasteiger partial charge in [-0.1, -0.05) is 0 Å². The number of rotatable bonds is 2. The molecule has 0 saturated carbocycles. The van der Waals surface area contributed by atoms with E-state index in [0.717, 1.165) is 4.74 Å². The normalized spacial score (nSPS) is 10.8. The molecule has 0 fully saturated rings. The highest BCUT2D eigenvalue weighted by atomic mass is 16.5. The highest BCUT2D eigenvalue weighted by Gasteiger charge is 2.21. The lowest BCUT2D eigenvalue weighted by Crippen LogP contribution is -2.10. The van der Waals surface area contributed by atoms with Crippen LogP contribution in [0.2, 0.25) is 0 Å². The number of carbonyl (C=O) groups is 1. The van der Waals surface area contributed by atoms with Crippen LogP contribution in [0.5, 0.6) is 0 Å². The predicted molar refractivity (Wildman–Crippen MR) is 45.0 cm³/mol. The number of aromatic carboxylic acids is 1. The van der Waals surface area contributed by atoms with Crippen molar-refractivity contribution in [2.75, 3.05) is 0 Å². The van der Waals surface area contributed by atoms with Gasteiger partial charge in [0.15, 0.2) is 5.69 Å². The van der Waals surface area contributed by atoms with Crippen LogP contribution in [0.15, 0.2) is 9.32 Å². The molecule has 1 aromatic rings. The molecule has 0 aliphatic rings. The molecule has 0 amide bonds. The monoisotopic (exact) mass is 185 g/mol. The molecule has 0 aromatic carbocycles. The van der Waals surface area contributed by atoms with Crippen LogP contribution in [-0.2, 0) is 0 Å². The summed E-state index contributed by atoms with van der Waals surface area (Å²) in [6.07, 6.45) is 0. The Morgan fingerprint density at radius 1 is 1.54 bits per heavy atom. The molecular formula is C8H11NO4. The summed E-state index contributed by atoms with van der Waals surface area (Å²) in [4.78, 5) is 21.8. The Morgan fingerprint density at radius 3 is 2.38 bits per heavy atom. The van der Waals surface area contributed by atoms with Crippen LogP contribution >= 0.6 is 0 Å². The van der Waals surface area contributed by atoms with Gasteiger partial charge in [-0.05, 0) is 20.8 Å². The number of hydrogen-bond donors (Lipinski definition) is 1. The molecule has 0 aliphatic heterocycles. The molecule has 0 atom stereocenters. The first-order valence-corrected chi connectivity index (χ1v) is 3.91. The lowest BCUT2D eigenvalue weighted by atomic mass is 10.2. The largest absolute Gasteiger partial charge is 0.476 e. The zero-order valence-corrected chi connectivity index (χ0v) is 7.70. The van der Waals surface area contributed by atoms with Crippen LogP contribution in [0, 0.1) is 6.92 Å². The summed E-state index contributed by atoms with van der Waals surface area (Å²) in [6.45, 7) is 4.93. The molecule has 0 bridgehead atoms. The van der Waals surface area contributed by atoms with E-state index in [1.807, 2.05) is 0 Å². The number of nitrogens with zero attached hydrogens (tertiary/aromatic N) is 1. The van der Waals surface area contributed by atoms with E-state index in [0.29, 0.717) is 0 Å². The topological polar surface area (TPSA) is 72.4 Å². The minimum absolute atomic E-state index is 0.0694. The minimum atomic E-state index is -1.14. The Labute approximate surface area is 74.5 Å². The van der Waals surface area contributed by atoms with Gasteiger partial charge in [0, 0.05) is 0 Å². The van der Waals surface area contributed by atoms with E-state index < -0.39 is 11.6 Å². The molecule has 1 rings (SSSR count). The smallest absolute Gasteiger partial charge is 0.361 e. The van der Waals surface area contributed by atoms with E-state index in [1.54, 1.807) is 13.8 Å². The molecule has 5 nitrogen and oxygen atoms in total. The number of carboxylic acids is 1. The summed E-state index contributed by atoms with van der Waals surface area (Å²) in [5, 5.41) is 8.79. The van der Waals surface area contributed by atoms with Gasteiger partial charge < -0.3 is 9.63 Å². The zero-order valence-electron chi connectivity index (χ0n) is 7.70. The van der Waals surface area contributed by atoms with Crippen LogP contribution in [0.3, 0.4) is 0 Å². The maximum absolute atomic E-state index is 11.0. The number of hydrogen-bond acceptors (Lipinski definition) is 3. The van der Waals surface area contributed by atoms with Crippen molar-refractivity contribution >= 4 is 5.97 Å². The van der Waals surface area contributed by atoms with Crippen molar-refractivity contribution in [3.8, 4) is 0 Å². The second kappa shape index (κ2) is 3.08. The third-order valence-corrected chi connectivity index (χ3v) is 1.73. The van der Waals surface area contributed by atoms with Crippen LogP contribution in [0.1, 0.15) is 35.9 Å². The second-order valence-corrected chi connectivity index (χ2v) is 3.08. The third kappa shape index (κ3) is 1.49. The predicted octanol–water partition coefficient (Wildman–Crippen LogP) is 1.03. The van der Waals surface area contributed by atoms with E-state index in [1.165, 1.54) is 6.92 Å². The summed E-state index contributed by atoms with van der Waals surface area (Å²) < 4.78 is 5.86. The van der Waals surface area contributed by atoms with Crippen LogP contribution < -0.4 is 5.63 Å². The maximum Gasteiger partial charge on any atom is 0.361 e. The summed E-state index contributed by atoms with van der Waals surface area (Å²) in [5.74, 6) is -1.14. The standard InChI is InChI=1S/C8H11NO4/c1-4(2)9-6(7(10)11)5(3)8(12)13-9/h4H,1-3H3,(H,10,11). The lowest BCUT2D eigenvalue weighted by Gasteiger charge is -2.06. The quantitative estimate of drug-likeness (QED) is 0.746. The van der Waals surface area contributed by atoms with Gasteiger partial charge in [-0.3, -0.25) is 0 Å². The van der Waals surface area contributed by atoms with Crippen molar-refractivity contribution in [2.45, 2.75) is 26.8 Å². The van der Waals surface area contributed by atoms with Gasteiger partial charge in [0.1, 0.15) is 0 Å². The summed E-state index contributed by atoms with van der Waals surface area (Å²) in [7, 11) is 0. The fourth-order valence-electron chi connectivity index (χ4n) is 1.08. The Balaban J connectivity index is 3.44. The number of aromatic nitrogens is 1. The molecule has 0 radical (unpaired) electrons. The number of carboxylic acid groups (broad SMARTS) is 1. The van der Waals surface area contributed by atoms with Crippen LogP contribution in [-0.4, -0.2) is 15.8 Å². The Kier molecular flexibility index (Phi) is 2.27. The van der Waals surface area contributed by atoms with E-state index >= 15 is 0 Å². The zero-order chi connectivity index (χ0) is 10.2. The summed E-state index contributed by atoms with van der Waals surface area (Å²) in [5.41, 5.74) is -0.521. The minimum Gasteiger partial charge on any atom is -0.476 e. The molecular weight excluding hydrogens is 174 g/mol. The van der Waals surface area contributed by atoms with Gasteiger partial charge in [-0.25, -0.2) is 9.59 Å². The molecule has 1 heterocycles. The van der Waals surface area contributed by atoms with Crippen molar-refractivity contribution < 1.29 is 14.4 Å². The first-order chi connectivity index (χ1) is 5.95. The van der Waals surface area contributed by atoms with Gasteiger partial charge in [-0.2, -0.15) is 4.74 Å². The molecule has 0 unspecified atom stereocenters. The molecule has 0 saturated heterocycles. The molecule has 1 N–H and O–H groups in total. The van der Waals surface area contributed by atoms with E-state index in [4.69, 9.17) is 9.63 Å².